The van der Waals surface area contributed by atoms with Crippen LogP contribution in [0.15, 0.2) is 29.9 Å². The molecule has 1 fully saturated rings. The molecular weight excluding hydrogens is 312 g/mol. The monoisotopic (exact) mass is 344 g/mol. The van der Waals surface area contributed by atoms with Gasteiger partial charge in [-0.2, -0.15) is 0 Å². The molecule has 0 bridgehead atoms. The maximum absolute atomic E-state index is 3.69. The molecule has 0 spiro atoms. The summed E-state index contributed by atoms with van der Waals surface area (Å²) < 4.78 is 0. The number of rotatable bonds is 6. The zero-order valence-corrected chi connectivity index (χ0v) is 16.3. The Hall–Kier alpha value is -0.900. The van der Waals surface area contributed by atoms with Crippen molar-refractivity contribution in [2.75, 3.05) is 26.7 Å². The SMILES string of the molecule is CC(C)C1=CC(c2ccc(CNCC3CCN(C)CC3)s2)=CCC1. The van der Waals surface area contributed by atoms with E-state index < -0.39 is 0 Å². The van der Waals surface area contributed by atoms with E-state index in [2.05, 4.69) is 55.4 Å². The molecule has 1 aliphatic carbocycles. The summed E-state index contributed by atoms with van der Waals surface area (Å²) in [6.45, 7) is 9.32. The highest BCUT2D eigenvalue weighted by atomic mass is 32.1. The van der Waals surface area contributed by atoms with Gasteiger partial charge in [-0.1, -0.05) is 31.6 Å². The number of nitrogens with one attached hydrogen (secondary N) is 1. The second kappa shape index (κ2) is 8.46. The van der Waals surface area contributed by atoms with Gasteiger partial charge in [-0.3, -0.25) is 0 Å². The molecule has 0 radical (unpaired) electrons. The molecular formula is C21H32N2S. The molecule has 132 valence electrons. The number of piperidine rings is 1. The van der Waals surface area contributed by atoms with E-state index in [1.807, 2.05) is 11.3 Å². The second-order valence-electron chi connectivity index (χ2n) is 7.72. The summed E-state index contributed by atoms with van der Waals surface area (Å²) in [6.07, 6.45) is 9.95. The van der Waals surface area contributed by atoms with E-state index in [-0.39, 0.29) is 0 Å². The van der Waals surface area contributed by atoms with Crippen LogP contribution in [0.1, 0.15) is 49.3 Å². The van der Waals surface area contributed by atoms with Crippen LogP contribution in [0.5, 0.6) is 0 Å². The van der Waals surface area contributed by atoms with Gasteiger partial charge >= 0.3 is 0 Å². The number of hydrogen-bond acceptors (Lipinski definition) is 3. The third kappa shape index (κ3) is 4.81. The zero-order valence-electron chi connectivity index (χ0n) is 15.5. The van der Waals surface area contributed by atoms with Gasteiger partial charge < -0.3 is 10.2 Å². The van der Waals surface area contributed by atoms with Crippen LogP contribution in [0.3, 0.4) is 0 Å². The van der Waals surface area contributed by atoms with Gasteiger partial charge in [-0.15, -0.1) is 11.3 Å². The molecule has 0 saturated carbocycles. The number of nitrogens with zero attached hydrogens (tertiary/aromatic N) is 1. The minimum absolute atomic E-state index is 0.671. The van der Waals surface area contributed by atoms with Gasteiger partial charge in [0.15, 0.2) is 0 Å². The van der Waals surface area contributed by atoms with Crippen LogP contribution < -0.4 is 5.32 Å². The average molecular weight is 345 g/mol. The predicted molar refractivity (Wildman–Crippen MR) is 106 cm³/mol. The highest BCUT2D eigenvalue weighted by Crippen LogP contribution is 2.32. The molecule has 2 heterocycles. The summed E-state index contributed by atoms with van der Waals surface area (Å²) in [4.78, 5) is 5.34. The number of hydrogen-bond donors (Lipinski definition) is 1. The van der Waals surface area contributed by atoms with Crippen molar-refractivity contribution < 1.29 is 0 Å². The van der Waals surface area contributed by atoms with Gasteiger partial charge in [0, 0.05) is 16.3 Å². The van der Waals surface area contributed by atoms with Gasteiger partial charge in [0.05, 0.1) is 0 Å². The van der Waals surface area contributed by atoms with Crippen LogP contribution in [0.25, 0.3) is 5.57 Å². The van der Waals surface area contributed by atoms with Gasteiger partial charge in [0.25, 0.3) is 0 Å². The summed E-state index contributed by atoms with van der Waals surface area (Å²) >= 11 is 1.96. The average Bonchev–Trinajstić information content (AvgIpc) is 3.06. The van der Waals surface area contributed by atoms with E-state index in [4.69, 9.17) is 0 Å². The molecule has 0 unspecified atom stereocenters. The third-order valence-corrected chi connectivity index (χ3v) is 6.53. The molecule has 1 saturated heterocycles. The summed E-state index contributed by atoms with van der Waals surface area (Å²) in [5.74, 6) is 1.53. The molecule has 1 aromatic heterocycles. The van der Waals surface area contributed by atoms with Crippen molar-refractivity contribution in [3.05, 3.63) is 39.6 Å². The van der Waals surface area contributed by atoms with E-state index in [1.54, 1.807) is 5.57 Å². The molecule has 0 amide bonds. The molecule has 3 rings (SSSR count). The predicted octanol–water partition coefficient (Wildman–Crippen LogP) is 4.94. The van der Waals surface area contributed by atoms with E-state index in [1.165, 1.54) is 60.6 Å². The molecule has 1 N–H and O–H groups in total. The second-order valence-corrected chi connectivity index (χ2v) is 8.88. The van der Waals surface area contributed by atoms with Crippen LogP contribution in [-0.4, -0.2) is 31.6 Å². The van der Waals surface area contributed by atoms with Crippen LogP contribution in [0.4, 0.5) is 0 Å². The quantitative estimate of drug-likeness (QED) is 0.786. The van der Waals surface area contributed by atoms with Crippen molar-refractivity contribution in [3.8, 4) is 0 Å². The molecule has 3 heteroatoms. The van der Waals surface area contributed by atoms with E-state index in [0.29, 0.717) is 5.92 Å². The summed E-state index contributed by atoms with van der Waals surface area (Å²) in [5.41, 5.74) is 3.04. The van der Waals surface area contributed by atoms with Crippen LogP contribution in [0, 0.1) is 11.8 Å². The van der Waals surface area contributed by atoms with Gasteiger partial charge in [0.2, 0.25) is 0 Å². The van der Waals surface area contributed by atoms with Crippen molar-refractivity contribution >= 4 is 16.9 Å². The van der Waals surface area contributed by atoms with Gasteiger partial charge in [0.1, 0.15) is 0 Å². The molecule has 0 atom stereocenters. The fourth-order valence-corrected chi connectivity index (χ4v) is 4.63. The third-order valence-electron chi connectivity index (χ3n) is 5.40. The molecule has 1 aromatic rings. The highest BCUT2D eigenvalue weighted by Gasteiger charge is 2.16. The summed E-state index contributed by atoms with van der Waals surface area (Å²) in [6, 6.07) is 4.61. The Kier molecular flexibility index (Phi) is 6.31. The molecule has 0 aromatic carbocycles. The van der Waals surface area contributed by atoms with Crippen LogP contribution in [0.2, 0.25) is 0 Å². The Morgan fingerprint density at radius 1 is 1.25 bits per heavy atom. The number of allylic oxidation sites excluding steroid dienone is 4. The van der Waals surface area contributed by atoms with E-state index in [0.717, 1.165) is 12.5 Å². The van der Waals surface area contributed by atoms with Crippen molar-refractivity contribution in [1.29, 1.82) is 0 Å². The summed E-state index contributed by atoms with van der Waals surface area (Å²) in [5, 5.41) is 3.69. The molecule has 2 nitrogen and oxygen atoms in total. The molecule has 24 heavy (non-hydrogen) atoms. The van der Waals surface area contributed by atoms with Crippen molar-refractivity contribution in [3.63, 3.8) is 0 Å². The minimum atomic E-state index is 0.671. The maximum atomic E-state index is 3.69. The van der Waals surface area contributed by atoms with E-state index >= 15 is 0 Å². The Morgan fingerprint density at radius 2 is 2.04 bits per heavy atom. The topological polar surface area (TPSA) is 15.3 Å². The number of thiophene rings is 1. The van der Waals surface area contributed by atoms with Crippen LogP contribution in [-0.2, 0) is 6.54 Å². The Balaban J connectivity index is 1.50. The lowest BCUT2D eigenvalue weighted by atomic mass is 9.91. The lowest BCUT2D eigenvalue weighted by Crippen LogP contribution is -2.34. The smallest absolute Gasteiger partial charge is 0.0342 e. The molecule has 1 aliphatic heterocycles. The number of likely N-dealkylation sites (tertiary alicyclic amines) is 1. The van der Waals surface area contributed by atoms with Crippen molar-refractivity contribution in [1.82, 2.24) is 10.2 Å². The highest BCUT2D eigenvalue weighted by molar-refractivity contribution is 7.13. The van der Waals surface area contributed by atoms with E-state index in [9.17, 15) is 0 Å². The first-order valence-electron chi connectivity index (χ1n) is 9.51. The Morgan fingerprint density at radius 3 is 2.79 bits per heavy atom. The first-order chi connectivity index (χ1) is 11.6. The van der Waals surface area contributed by atoms with Crippen molar-refractivity contribution in [2.45, 2.75) is 46.1 Å². The zero-order chi connectivity index (χ0) is 16.9. The fourth-order valence-electron chi connectivity index (χ4n) is 3.65. The standard InChI is InChI=1S/C21H32N2S/c1-16(2)18-5-4-6-19(13-18)21-8-7-20(24-21)15-22-14-17-9-11-23(3)12-10-17/h6-8,13,16-17,22H,4-5,9-12,14-15H2,1-3H3. The Labute approximate surface area is 151 Å². The lowest BCUT2D eigenvalue weighted by Gasteiger charge is -2.28. The molecule has 2 aliphatic rings. The fraction of sp³-hybridized carbons (Fsp3) is 0.619. The normalized spacial score (nSPS) is 20.3. The largest absolute Gasteiger partial charge is 0.312 e. The summed E-state index contributed by atoms with van der Waals surface area (Å²) in [7, 11) is 2.23. The van der Waals surface area contributed by atoms with Gasteiger partial charge in [-0.25, -0.2) is 0 Å². The Bertz CT molecular complexity index is 589. The van der Waals surface area contributed by atoms with Crippen molar-refractivity contribution in [2.24, 2.45) is 11.8 Å². The maximum Gasteiger partial charge on any atom is 0.0342 e. The first-order valence-corrected chi connectivity index (χ1v) is 10.3. The van der Waals surface area contributed by atoms with Crippen LogP contribution >= 0.6 is 11.3 Å². The van der Waals surface area contributed by atoms with Gasteiger partial charge in [-0.05, 0) is 81.9 Å². The first kappa shape index (κ1) is 17.9. The minimum Gasteiger partial charge on any atom is -0.312 e. The lowest BCUT2D eigenvalue weighted by molar-refractivity contribution is 0.216.